The summed E-state index contributed by atoms with van der Waals surface area (Å²) in [6, 6.07) is 9.33. The second-order valence-electron chi connectivity index (χ2n) is 3.70. The molecule has 2 aromatic rings. The van der Waals surface area contributed by atoms with E-state index in [4.69, 9.17) is 11.6 Å². The van der Waals surface area contributed by atoms with Crippen molar-refractivity contribution < 1.29 is 17.9 Å². The van der Waals surface area contributed by atoms with Crippen molar-refractivity contribution in [2.45, 2.75) is 4.90 Å². The van der Waals surface area contributed by atoms with Crippen LogP contribution < -0.4 is 4.72 Å². The fourth-order valence-electron chi connectivity index (χ4n) is 1.42. The molecule has 100 valence electrons. The van der Waals surface area contributed by atoms with Gasteiger partial charge in [-0.1, -0.05) is 29.8 Å². The largest absolute Gasteiger partial charge is 0.506 e. The van der Waals surface area contributed by atoms with Crippen molar-refractivity contribution >= 4 is 27.3 Å². The maximum atomic E-state index is 13.0. The molecule has 7 heteroatoms. The highest BCUT2D eigenvalue weighted by molar-refractivity contribution is 7.92. The summed E-state index contributed by atoms with van der Waals surface area (Å²) in [4.78, 5) is 0.0230. The SMILES string of the molecule is O=S(=O)(Nc1cc(Cl)c(F)cc1O)c1ccccc1. The van der Waals surface area contributed by atoms with Crippen molar-refractivity contribution in [3.63, 3.8) is 0 Å². The van der Waals surface area contributed by atoms with Crippen LogP contribution >= 0.6 is 11.6 Å². The summed E-state index contributed by atoms with van der Waals surface area (Å²) in [5.74, 6) is -1.37. The van der Waals surface area contributed by atoms with Gasteiger partial charge in [0, 0.05) is 6.07 Å². The molecule has 0 unspecified atom stereocenters. The minimum atomic E-state index is -3.86. The highest BCUT2D eigenvalue weighted by atomic mass is 35.5. The maximum Gasteiger partial charge on any atom is 0.262 e. The minimum Gasteiger partial charge on any atom is -0.506 e. The van der Waals surface area contributed by atoms with Gasteiger partial charge in [-0.15, -0.1) is 0 Å². The molecule has 2 rings (SSSR count). The Morgan fingerprint density at radius 1 is 1.16 bits per heavy atom. The van der Waals surface area contributed by atoms with Gasteiger partial charge in [0.05, 0.1) is 15.6 Å². The van der Waals surface area contributed by atoms with Crippen LogP contribution in [-0.2, 0) is 10.0 Å². The molecule has 2 N–H and O–H groups in total. The Morgan fingerprint density at radius 3 is 2.42 bits per heavy atom. The fraction of sp³-hybridized carbons (Fsp3) is 0. The first-order chi connectivity index (χ1) is 8.90. The van der Waals surface area contributed by atoms with Crippen LogP contribution in [0, 0.1) is 5.82 Å². The molecule has 0 aliphatic rings. The Balaban J connectivity index is 2.39. The summed E-state index contributed by atoms with van der Waals surface area (Å²) >= 11 is 5.54. The molecule has 19 heavy (non-hydrogen) atoms. The normalized spacial score (nSPS) is 11.3. The molecule has 0 fully saturated rings. The zero-order valence-electron chi connectivity index (χ0n) is 9.47. The summed E-state index contributed by atoms with van der Waals surface area (Å²) in [6.07, 6.45) is 0. The summed E-state index contributed by atoms with van der Waals surface area (Å²) in [5.41, 5.74) is -0.185. The average Bonchev–Trinajstić information content (AvgIpc) is 2.37. The quantitative estimate of drug-likeness (QED) is 0.857. The Morgan fingerprint density at radius 2 is 1.79 bits per heavy atom. The summed E-state index contributed by atoms with van der Waals surface area (Å²) in [7, 11) is -3.86. The van der Waals surface area contributed by atoms with Gasteiger partial charge in [0.15, 0.2) is 0 Å². The second kappa shape index (κ2) is 5.07. The molecule has 0 amide bonds. The number of benzene rings is 2. The van der Waals surface area contributed by atoms with Crippen molar-refractivity contribution in [3.8, 4) is 5.75 Å². The standard InChI is InChI=1S/C12H9ClFNO3S/c13-9-6-11(12(16)7-10(9)14)15-19(17,18)8-4-2-1-3-5-8/h1-7,15-16H. The lowest BCUT2D eigenvalue weighted by Gasteiger charge is -2.10. The summed E-state index contributed by atoms with van der Waals surface area (Å²) in [5, 5.41) is 9.21. The van der Waals surface area contributed by atoms with Crippen molar-refractivity contribution in [3.05, 3.63) is 53.3 Å². The van der Waals surface area contributed by atoms with Gasteiger partial charge >= 0.3 is 0 Å². The van der Waals surface area contributed by atoms with Crippen LogP contribution in [0.4, 0.5) is 10.1 Å². The van der Waals surface area contributed by atoms with E-state index in [-0.39, 0.29) is 15.6 Å². The fourth-order valence-corrected chi connectivity index (χ4v) is 2.67. The van der Waals surface area contributed by atoms with E-state index in [0.29, 0.717) is 0 Å². The minimum absolute atomic E-state index is 0.0230. The van der Waals surface area contributed by atoms with E-state index in [9.17, 15) is 17.9 Å². The van der Waals surface area contributed by atoms with E-state index >= 15 is 0 Å². The van der Waals surface area contributed by atoms with E-state index in [1.54, 1.807) is 18.2 Å². The van der Waals surface area contributed by atoms with E-state index in [0.717, 1.165) is 12.1 Å². The lowest BCUT2D eigenvalue weighted by molar-refractivity contribution is 0.471. The number of anilines is 1. The van der Waals surface area contributed by atoms with E-state index < -0.39 is 21.6 Å². The molecular weight excluding hydrogens is 293 g/mol. The molecule has 0 spiro atoms. The van der Waals surface area contributed by atoms with E-state index in [1.807, 2.05) is 0 Å². The van der Waals surface area contributed by atoms with Crippen molar-refractivity contribution in [2.75, 3.05) is 4.72 Å². The van der Waals surface area contributed by atoms with E-state index in [2.05, 4.69) is 4.72 Å². The monoisotopic (exact) mass is 301 g/mol. The first-order valence-corrected chi connectivity index (χ1v) is 7.02. The molecular formula is C12H9ClFNO3S. The third-order valence-corrected chi connectivity index (χ3v) is 4.01. The third kappa shape index (κ3) is 2.97. The second-order valence-corrected chi connectivity index (χ2v) is 5.79. The molecule has 0 aliphatic heterocycles. The molecule has 0 aromatic heterocycles. The van der Waals surface area contributed by atoms with Gasteiger partial charge in [-0.2, -0.15) is 0 Å². The van der Waals surface area contributed by atoms with Gasteiger partial charge in [-0.3, -0.25) is 4.72 Å². The number of halogens is 2. The van der Waals surface area contributed by atoms with Gasteiger partial charge in [0.25, 0.3) is 10.0 Å². The van der Waals surface area contributed by atoms with Crippen LogP contribution in [0.2, 0.25) is 5.02 Å². The van der Waals surface area contributed by atoms with Gasteiger partial charge in [0.1, 0.15) is 11.6 Å². The molecule has 4 nitrogen and oxygen atoms in total. The predicted octanol–water partition coefficient (Wildman–Crippen LogP) is 2.99. The molecule has 0 saturated heterocycles. The number of hydrogen-bond acceptors (Lipinski definition) is 3. The molecule has 0 saturated carbocycles. The Kier molecular flexibility index (Phi) is 3.64. The van der Waals surface area contributed by atoms with E-state index in [1.165, 1.54) is 12.1 Å². The average molecular weight is 302 g/mol. The Labute approximate surface area is 114 Å². The number of nitrogens with one attached hydrogen (secondary N) is 1. The van der Waals surface area contributed by atoms with Gasteiger partial charge < -0.3 is 5.11 Å². The van der Waals surface area contributed by atoms with Gasteiger partial charge in [0.2, 0.25) is 0 Å². The number of hydrogen-bond donors (Lipinski definition) is 2. The van der Waals surface area contributed by atoms with Crippen LogP contribution in [0.15, 0.2) is 47.4 Å². The third-order valence-electron chi connectivity index (χ3n) is 2.34. The van der Waals surface area contributed by atoms with Crippen LogP contribution in [0.3, 0.4) is 0 Å². The lowest BCUT2D eigenvalue weighted by atomic mass is 10.3. The number of phenols is 1. The summed E-state index contributed by atoms with van der Waals surface area (Å²) < 4.78 is 39.2. The van der Waals surface area contributed by atoms with Crippen molar-refractivity contribution in [2.24, 2.45) is 0 Å². The van der Waals surface area contributed by atoms with Gasteiger partial charge in [-0.25, -0.2) is 12.8 Å². The highest BCUT2D eigenvalue weighted by Crippen LogP contribution is 2.31. The summed E-state index contributed by atoms with van der Waals surface area (Å²) in [6.45, 7) is 0. The van der Waals surface area contributed by atoms with Crippen molar-refractivity contribution in [1.82, 2.24) is 0 Å². The predicted molar refractivity (Wildman–Crippen MR) is 70.3 cm³/mol. The van der Waals surface area contributed by atoms with Crippen LogP contribution in [0.25, 0.3) is 0 Å². The number of phenolic OH excluding ortho intramolecular Hbond substituents is 1. The number of aromatic hydroxyl groups is 1. The molecule has 0 radical (unpaired) electrons. The van der Waals surface area contributed by atoms with Crippen molar-refractivity contribution in [1.29, 1.82) is 0 Å². The van der Waals surface area contributed by atoms with Gasteiger partial charge in [-0.05, 0) is 18.2 Å². The smallest absolute Gasteiger partial charge is 0.262 e. The first-order valence-electron chi connectivity index (χ1n) is 5.16. The van der Waals surface area contributed by atoms with Crippen LogP contribution in [0.1, 0.15) is 0 Å². The molecule has 0 atom stereocenters. The molecule has 2 aromatic carbocycles. The molecule has 0 bridgehead atoms. The zero-order valence-corrected chi connectivity index (χ0v) is 11.0. The van der Waals surface area contributed by atoms with Crippen LogP contribution in [0.5, 0.6) is 5.75 Å². The number of sulfonamides is 1. The molecule has 0 aliphatic carbocycles. The Bertz CT molecular complexity index is 704. The maximum absolute atomic E-state index is 13.0. The zero-order chi connectivity index (χ0) is 14.0. The lowest BCUT2D eigenvalue weighted by Crippen LogP contribution is -2.13. The molecule has 0 heterocycles. The Hall–Kier alpha value is -1.79. The highest BCUT2D eigenvalue weighted by Gasteiger charge is 2.17. The number of rotatable bonds is 3. The van der Waals surface area contributed by atoms with Crippen LogP contribution in [-0.4, -0.2) is 13.5 Å². The topological polar surface area (TPSA) is 66.4 Å². The first kappa shape index (κ1) is 13.6.